The molecule has 2 rings (SSSR count). The summed E-state index contributed by atoms with van der Waals surface area (Å²) in [5, 5.41) is 9.03. The fourth-order valence-corrected chi connectivity index (χ4v) is 1.51. The molecular formula is C16H19NO4. The lowest BCUT2D eigenvalue weighted by atomic mass is 10.2. The third kappa shape index (κ3) is 4.89. The lowest BCUT2D eigenvalue weighted by molar-refractivity contribution is 0.0600. The molecule has 1 aromatic carbocycles. The Morgan fingerprint density at radius 2 is 2.00 bits per heavy atom. The van der Waals surface area contributed by atoms with Crippen molar-refractivity contribution >= 4 is 5.97 Å². The van der Waals surface area contributed by atoms with Gasteiger partial charge in [-0.25, -0.2) is 9.78 Å². The molecule has 0 radical (unpaired) electrons. The Morgan fingerprint density at radius 1 is 1.24 bits per heavy atom. The topological polar surface area (TPSA) is 68.7 Å². The van der Waals surface area contributed by atoms with Crippen LogP contribution in [-0.2, 0) is 11.3 Å². The second-order valence-corrected chi connectivity index (χ2v) is 3.78. The van der Waals surface area contributed by atoms with Gasteiger partial charge < -0.3 is 14.6 Å². The van der Waals surface area contributed by atoms with Gasteiger partial charge in [-0.2, -0.15) is 0 Å². The van der Waals surface area contributed by atoms with Crippen LogP contribution in [0.15, 0.2) is 42.6 Å². The van der Waals surface area contributed by atoms with Gasteiger partial charge >= 0.3 is 5.97 Å². The molecule has 0 bridgehead atoms. The van der Waals surface area contributed by atoms with Gasteiger partial charge in [0.2, 0.25) is 5.88 Å². The Bertz CT molecular complexity index is 567. The van der Waals surface area contributed by atoms with Gasteiger partial charge in [-0.1, -0.05) is 26.0 Å². The quantitative estimate of drug-likeness (QED) is 0.875. The first kappa shape index (κ1) is 16.7. The molecule has 2 aromatic rings. The molecule has 5 heteroatoms. The van der Waals surface area contributed by atoms with Crippen molar-refractivity contribution in [3.8, 4) is 11.6 Å². The SMILES string of the molecule is CC.COC(=O)c1ccc(Oc2cccc(CO)c2)nc1. The summed E-state index contributed by atoms with van der Waals surface area (Å²) in [6.07, 6.45) is 1.39. The van der Waals surface area contributed by atoms with Crippen molar-refractivity contribution in [3.63, 3.8) is 0 Å². The molecule has 5 nitrogen and oxygen atoms in total. The second-order valence-electron chi connectivity index (χ2n) is 3.78. The third-order valence-corrected chi connectivity index (χ3v) is 2.46. The number of pyridine rings is 1. The molecular weight excluding hydrogens is 270 g/mol. The molecule has 0 aliphatic carbocycles. The van der Waals surface area contributed by atoms with E-state index in [0.29, 0.717) is 17.2 Å². The number of rotatable bonds is 4. The molecule has 1 heterocycles. The van der Waals surface area contributed by atoms with Crippen molar-refractivity contribution in [2.24, 2.45) is 0 Å². The molecule has 1 aromatic heterocycles. The summed E-state index contributed by atoms with van der Waals surface area (Å²) >= 11 is 0. The molecule has 0 atom stereocenters. The molecule has 0 saturated heterocycles. The minimum absolute atomic E-state index is 0.0497. The minimum Gasteiger partial charge on any atom is -0.465 e. The molecule has 0 spiro atoms. The largest absolute Gasteiger partial charge is 0.465 e. The number of nitrogens with zero attached hydrogens (tertiary/aromatic N) is 1. The van der Waals surface area contributed by atoms with E-state index in [-0.39, 0.29) is 6.61 Å². The standard InChI is InChI=1S/C14H13NO4.C2H6/c1-18-14(17)11-5-6-13(15-8-11)19-12-4-2-3-10(7-12)9-16;1-2/h2-8,16H,9H2,1H3;1-2H3. The average molecular weight is 289 g/mol. The van der Waals surface area contributed by atoms with Crippen LogP contribution in [0.4, 0.5) is 0 Å². The number of methoxy groups -OCH3 is 1. The highest BCUT2D eigenvalue weighted by Crippen LogP contribution is 2.20. The van der Waals surface area contributed by atoms with Crippen molar-refractivity contribution in [1.82, 2.24) is 4.98 Å². The summed E-state index contributed by atoms with van der Waals surface area (Å²) < 4.78 is 10.1. The van der Waals surface area contributed by atoms with E-state index >= 15 is 0 Å². The smallest absolute Gasteiger partial charge is 0.339 e. The van der Waals surface area contributed by atoms with E-state index in [2.05, 4.69) is 9.72 Å². The van der Waals surface area contributed by atoms with Crippen LogP contribution < -0.4 is 4.74 Å². The summed E-state index contributed by atoms with van der Waals surface area (Å²) in [4.78, 5) is 15.2. The maximum absolute atomic E-state index is 11.2. The highest BCUT2D eigenvalue weighted by Gasteiger charge is 2.06. The molecule has 21 heavy (non-hydrogen) atoms. The number of aromatic nitrogens is 1. The van der Waals surface area contributed by atoms with Crippen LogP contribution in [0.1, 0.15) is 29.8 Å². The van der Waals surface area contributed by atoms with Gasteiger partial charge in [-0.3, -0.25) is 0 Å². The highest BCUT2D eigenvalue weighted by molar-refractivity contribution is 5.88. The third-order valence-electron chi connectivity index (χ3n) is 2.46. The Balaban J connectivity index is 0.00000106. The maximum Gasteiger partial charge on any atom is 0.339 e. The van der Waals surface area contributed by atoms with Crippen molar-refractivity contribution in [2.45, 2.75) is 20.5 Å². The van der Waals surface area contributed by atoms with Crippen molar-refractivity contribution < 1.29 is 19.4 Å². The maximum atomic E-state index is 11.2. The zero-order chi connectivity index (χ0) is 15.7. The first-order chi connectivity index (χ1) is 10.2. The number of hydrogen-bond acceptors (Lipinski definition) is 5. The molecule has 0 aliphatic heterocycles. The van der Waals surface area contributed by atoms with Gasteiger partial charge in [-0.05, 0) is 23.8 Å². The van der Waals surface area contributed by atoms with Crippen LogP contribution in [0.3, 0.4) is 0 Å². The van der Waals surface area contributed by atoms with Crippen LogP contribution in [0.25, 0.3) is 0 Å². The van der Waals surface area contributed by atoms with E-state index in [4.69, 9.17) is 9.84 Å². The molecule has 0 unspecified atom stereocenters. The van der Waals surface area contributed by atoms with Crippen LogP contribution in [0.2, 0.25) is 0 Å². The molecule has 0 aliphatic rings. The van der Waals surface area contributed by atoms with E-state index in [1.807, 2.05) is 13.8 Å². The Kier molecular flexibility index (Phi) is 6.91. The van der Waals surface area contributed by atoms with Gasteiger partial charge in [-0.15, -0.1) is 0 Å². The Hall–Kier alpha value is -2.40. The summed E-state index contributed by atoms with van der Waals surface area (Å²) in [7, 11) is 1.31. The van der Waals surface area contributed by atoms with Crippen LogP contribution in [0, 0.1) is 0 Å². The lowest BCUT2D eigenvalue weighted by Crippen LogP contribution is -2.01. The van der Waals surface area contributed by atoms with E-state index in [1.165, 1.54) is 13.3 Å². The number of ether oxygens (including phenoxy) is 2. The minimum atomic E-state index is -0.443. The number of aliphatic hydroxyl groups excluding tert-OH is 1. The van der Waals surface area contributed by atoms with Gasteiger partial charge in [0.05, 0.1) is 19.3 Å². The number of carbonyl (C=O) groups excluding carboxylic acids is 1. The van der Waals surface area contributed by atoms with E-state index < -0.39 is 5.97 Å². The normalized spacial score (nSPS) is 9.33. The van der Waals surface area contributed by atoms with E-state index in [9.17, 15) is 4.79 Å². The van der Waals surface area contributed by atoms with E-state index in [0.717, 1.165) is 5.56 Å². The highest BCUT2D eigenvalue weighted by atomic mass is 16.5. The average Bonchev–Trinajstić information content (AvgIpc) is 2.57. The molecule has 0 fully saturated rings. The van der Waals surface area contributed by atoms with Gasteiger partial charge in [0.15, 0.2) is 0 Å². The predicted octanol–water partition coefficient (Wildman–Crippen LogP) is 3.18. The van der Waals surface area contributed by atoms with Crippen LogP contribution in [-0.4, -0.2) is 23.2 Å². The molecule has 0 amide bonds. The number of carbonyl (C=O) groups is 1. The van der Waals surface area contributed by atoms with Crippen LogP contribution >= 0.6 is 0 Å². The van der Waals surface area contributed by atoms with Gasteiger partial charge in [0.1, 0.15) is 5.75 Å². The van der Waals surface area contributed by atoms with Gasteiger partial charge in [0.25, 0.3) is 0 Å². The predicted molar refractivity (Wildman–Crippen MR) is 79.4 cm³/mol. The Morgan fingerprint density at radius 3 is 2.57 bits per heavy atom. The summed E-state index contributed by atoms with van der Waals surface area (Å²) in [6, 6.07) is 10.2. The van der Waals surface area contributed by atoms with E-state index in [1.54, 1.807) is 36.4 Å². The monoisotopic (exact) mass is 289 g/mol. The zero-order valence-corrected chi connectivity index (χ0v) is 12.4. The summed E-state index contributed by atoms with van der Waals surface area (Å²) in [5.74, 6) is 0.494. The summed E-state index contributed by atoms with van der Waals surface area (Å²) in [5.41, 5.74) is 1.11. The van der Waals surface area contributed by atoms with Crippen molar-refractivity contribution in [1.29, 1.82) is 0 Å². The lowest BCUT2D eigenvalue weighted by Gasteiger charge is -2.06. The number of aliphatic hydroxyl groups is 1. The number of esters is 1. The van der Waals surface area contributed by atoms with Crippen molar-refractivity contribution in [2.75, 3.05) is 7.11 Å². The fourth-order valence-electron chi connectivity index (χ4n) is 1.51. The summed E-state index contributed by atoms with van der Waals surface area (Å²) in [6.45, 7) is 3.95. The number of benzene rings is 1. The first-order valence-corrected chi connectivity index (χ1v) is 6.65. The second kappa shape index (κ2) is 8.71. The first-order valence-electron chi connectivity index (χ1n) is 6.65. The zero-order valence-electron chi connectivity index (χ0n) is 12.4. The van der Waals surface area contributed by atoms with Gasteiger partial charge in [0, 0.05) is 12.3 Å². The fraction of sp³-hybridized carbons (Fsp3) is 0.250. The Labute approximate surface area is 124 Å². The molecule has 0 saturated carbocycles. The van der Waals surface area contributed by atoms with Crippen LogP contribution in [0.5, 0.6) is 11.6 Å². The molecule has 112 valence electrons. The molecule has 1 N–H and O–H groups in total. The number of hydrogen-bond donors (Lipinski definition) is 1. The van der Waals surface area contributed by atoms with Crippen molar-refractivity contribution in [3.05, 3.63) is 53.7 Å².